The van der Waals surface area contributed by atoms with Crippen LogP contribution in [0.1, 0.15) is 10.4 Å². The smallest absolute Gasteiger partial charge is 0.373 e. The van der Waals surface area contributed by atoms with E-state index in [0.717, 1.165) is 19.2 Å². The highest BCUT2D eigenvalue weighted by Crippen LogP contribution is 2.50. The normalized spacial score (nSPS) is 11.0. The number of non-ortho nitro benzene ring substituents is 1. The van der Waals surface area contributed by atoms with Crippen molar-refractivity contribution in [1.82, 2.24) is 0 Å². The number of halogens is 2. The first-order valence-corrected chi connectivity index (χ1v) is 11.3. The van der Waals surface area contributed by atoms with Gasteiger partial charge in [-0.05, 0) is 43.5 Å². The molecule has 0 unspecified atom stereocenters. The Kier molecular flexibility index (Phi) is 6.75. The molecule has 4 rings (SSSR count). The Balaban J connectivity index is 2.32. The van der Waals surface area contributed by atoms with Crippen molar-refractivity contribution in [2.24, 2.45) is 0 Å². The molecule has 0 aromatic heterocycles. The summed E-state index contributed by atoms with van der Waals surface area (Å²) in [6.45, 7) is 0. The Morgan fingerprint density at radius 1 is 0.972 bits per heavy atom. The van der Waals surface area contributed by atoms with E-state index < -0.39 is 32.6 Å². The average Bonchev–Trinajstić information content (AvgIpc) is 2.85. The summed E-state index contributed by atoms with van der Waals surface area (Å²) in [5.74, 6) is -1.15. The highest BCUT2D eigenvalue weighted by molar-refractivity contribution is 9.11. The largest absolute Gasteiger partial charge is 0.489 e. The SMILES string of the molecule is COOC(=O)c1ccccc1-c1c2cc([N+](=O)[O-])c(=O)c(Br)c-2oc2c(Br)c(OC)c([N+](=O)[O-])cc12. The lowest BCUT2D eigenvalue weighted by molar-refractivity contribution is -0.386. The second-order valence-electron chi connectivity index (χ2n) is 7.11. The fourth-order valence-corrected chi connectivity index (χ4v) is 4.93. The van der Waals surface area contributed by atoms with Gasteiger partial charge in [-0.3, -0.25) is 29.9 Å². The number of nitro benzene ring substituents is 2. The number of hydrogen-bond donors (Lipinski definition) is 0. The lowest BCUT2D eigenvalue weighted by atomic mass is 9.90. The van der Waals surface area contributed by atoms with E-state index in [1.807, 2.05) is 0 Å². The van der Waals surface area contributed by atoms with Crippen LogP contribution in [0.25, 0.3) is 33.4 Å². The first-order chi connectivity index (χ1) is 17.1. The van der Waals surface area contributed by atoms with E-state index in [0.29, 0.717) is 0 Å². The van der Waals surface area contributed by atoms with E-state index in [9.17, 15) is 29.8 Å². The molecule has 36 heavy (non-hydrogen) atoms. The van der Waals surface area contributed by atoms with Crippen molar-refractivity contribution in [2.75, 3.05) is 14.2 Å². The second kappa shape index (κ2) is 9.64. The van der Waals surface area contributed by atoms with Gasteiger partial charge in [-0.1, -0.05) is 18.2 Å². The summed E-state index contributed by atoms with van der Waals surface area (Å²) >= 11 is 6.36. The van der Waals surface area contributed by atoms with Crippen molar-refractivity contribution in [2.45, 2.75) is 0 Å². The highest BCUT2D eigenvalue weighted by atomic mass is 79.9. The molecule has 2 aromatic carbocycles. The summed E-state index contributed by atoms with van der Waals surface area (Å²) < 4.78 is 10.9. The van der Waals surface area contributed by atoms with Gasteiger partial charge >= 0.3 is 17.3 Å². The number of fused-ring (bicyclic) bond motifs is 2. The predicted molar refractivity (Wildman–Crippen MR) is 132 cm³/mol. The zero-order chi connectivity index (χ0) is 26.3. The minimum absolute atomic E-state index is 0.0174. The van der Waals surface area contributed by atoms with Crippen molar-refractivity contribution in [3.8, 4) is 28.2 Å². The minimum Gasteiger partial charge on any atom is -0.489 e. The van der Waals surface area contributed by atoms with E-state index >= 15 is 0 Å². The average molecular weight is 624 g/mol. The molecule has 0 bridgehead atoms. The Bertz CT molecular complexity index is 1620. The minimum atomic E-state index is -0.946. The Morgan fingerprint density at radius 2 is 1.64 bits per heavy atom. The van der Waals surface area contributed by atoms with Crippen molar-refractivity contribution in [1.29, 1.82) is 0 Å². The number of nitro groups is 2. The van der Waals surface area contributed by atoms with Crippen LogP contribution in [0.15, 0.2) is 54.6 Å². The summed E-state index contributed by atoms with van der Waals surface area (Å²) in [5.41, 5.74) is -1.83. The Labute approximate surface area is 217 Å². The molecular weight excluding hydrogens is 612 g/mol. The molecule has 0 fully saturated rings. The number of rotatable bonds is 6. The fourth-order valence-electron chi connectivity index (χ4n) is 3.78. The van der Waals surface area contributed by atoms with Crippen LogP contribution in [0, 0.1) is 20.2 Å². The lowest BCUT2D eigenvalue weighted by Crippen LogP contribution is -2.12. The van der Waals surface area contributed by atoms with E-state index in [2.05, 4.69) is 41.6 Å². The van der Waals surface area contributed by atoms with Crippen molar-refractivity contribution in [3.05, 3.63) is 81.4 Å². The third-order valence-corrected chi connectivity index (χ3v) is 6.67. The molecule has 0 saturated heterocycles. The molecule has 0 atom stereocenters. The number of benzene rings is 3. The van der Waals surface area contributed by atoms with Crippen LogP contribution in [0.3, 0.4) is 0 Å². The summed E-state index contributed by atoms with van der Waals surface area (Å²) in [4.78, 5) is 56.4. The maximum Gasteiger partial charge on any atom is 0.373 e. The van der Waals surface area contributed by atoms with Crippen LogP contribution in [0.2, 0.25) is 0 Å². The third-order valence-electron chi connectivity index (χ3n) is 5.23. The number of methoxy groups -OCH3 is 1. The summed E-state index contributed by atoms with van der Waals surface area (Å²) in [7, 11) is 2.36. The predicted octanol–water partition coefficient (Wildman–Crippen LogP) is 5.63. The molecule has 0 amide bonds. The number of nitrogens with zero attached hydrogens (tertiary/aromatic N) is 2. The molecule has 1 aliphatic heterocycles. The molecule has 12 nitrogen and oxygen atoms in total. The fraction of sp³-hybridized carbons (Fsp3) is 0.0909. The van der Waals surface area contributed by atoms with Gasteiger partial charge in [0.2, 0.25) is 5.75 Å². The molecule has 2 aromatic rings. The molecule has 14 heteroatoms. The van der Waals surface area contributed by atoms with Crippen molar-refractivity contribution in [3.63, 3.8) is 0 Å². The first kappa shape index (κ1) is 25.2. The number of carbonyl (C=O) groups excluding carboxylic acids is 1. The molecular formula is C22H12Br2N2O10. The monoisotopic (exact) mass is 622 g/mol. The van der Waals surface area contributed by atoms with Crippen LogP contribution in [0.5, 0.6) is 5.75 Å². The highest BCUT2D eigenvalue weighted by Gasteiger charge is 2.32. The summed E-state index contributed by atoms with van der Waals surface area (Å²) in [6, 6.07) is 8.19. The molecule has 1 aliphatic carbocycles. The molecule has 184 valence electrons. The van der Waals surface area contributed by atoms with Gasteiger partial charge < -0.3 is 9.15 Å². The molecule has 0 spiro atoms. The van der Waals surface area contributed by atoms with Gasteiger partial charge in [0, 0.05) is 28.6 Å². The van der Waals surface area contributed by atoms with Crippen LogP contribution in [-0.2, 0) is 9.78 Å². The standard InChI is InChI=1S/C22H12Br2N2O10/c1-33-21-14(26(31)32)8-12-15(9-5-3-4-6-10(9)22(28)36-34-2)11-7-13(25(29)30)18(27)16(23)19(11)35-20(12)17(21)24/h3-8H,1-2H3. The zero-order valence-electron chi connectivity index (χ0n) is 18.2. The number of hydrogen-bond acceptors (Lipinski definition) is 10. The van der Waals surface area contributed by atoms with Crippen LogP contribution in [0.4, 0.5) is 11.4 Å². The summed E-state index contributed by atoms with van der Waals surface area (Å²) in [6.07, 6.45) is 0. The third kappa shape index (κ3) is 3.98. The number of ether oxygens (including phenoxy) is 1. The van der Waals surface area contributed by atoms with Crippen LogP contribution in [-0.4, -0.2) is 30.0 Å². The maximum absolute atomic E-state index is 12.7. The molecule has 2 aliphatic rings. The van der Waals surface area contributed by atoms with Crippen LogP contribution >= 0.6 is 31.9 Å². The van der Waals surface area contributed by atoms with Gasteiger partial charge in [-0.2, -0.15) is 4.89 Å². The topological polar surface area (TPSA) is 161 Å². The van der Waals surface area contributed by atoms with Gasteiger partial charge in [0.25, 0.3) is 5.43 Å². The zero-order valence-corrected chi connectivity index (χ0v) is 21.4. The quantitative estimate of drug-likeness (QED) is 0.114. The van der Waals surface area contributed by atoms with E-state index in [4.69, 9.17) is 9.15 Å². The van der Waals surface area contributed by atoms with E-state index in [1.54, 1.807) is 12.1 Å². The van der Waals surface area contributed by atoms with Gasteiger partial charge in [-0.15, -0.1) is 0 Å². The van der Waals surface area contributed by atoms with Crippen molar-refractivity contribution >= 4 is 60.2 Å². The second-order valence-corrected chi connectivity index (χ2v) is 8.70. The van der Waals surface area contributed by atoms with E-state index in [1.165, 1.54) is 19.2 Å². The molecule has 0 N–H and O–H groups in total. The molecule has 1 heterocycles. The van der Waals surface area contributed by atoms with Crippen LogP contribution < -0.4 is 10.2 Å². The number of carbonyl (C=O) groups is 1. The Hall–Kier alpha value is -3.88. The lowest BCUT2D eigenvalue weighted by Gasteiger charge is -2.19. The van der Waals surface area contributed by atoms with Crippen molar-refractivity contribution < 1.29 is 33.6 Å². The molecule has 0 saturated carbocycles. The van der Waals surface area contributed by atoms with E-state index in [-0.39, 0.29) is 53.7 Å². The van der Waals surface area contributed by atoms with Gasteiger partial charge in [0.15, 0.2) is 11.3 Å². The Morgan fingerprint density at radius 3 is 2.25 bits per heavy atom. The summed E-state index contributed by atoms with van der Waals surface area (Å²) in [5, 5.41) is 23.6. The van der Waals surface area contributed by atoms with Gasteiger partial charge in [0.1, 0.15) is 8.95 Å². The maximum atomic E-state index is 12.7. The molecule has 0 radical (unpaired) electrons. The first-order valence-electron chi connectivity index (χ1n) is 9.75. The van der Waals surface area contributed by atoms with Gasteiger partial charge in [0.05, 0.1) is 29.6 Å². The van der Waals surface area contributed by atoms with Gasteiger partial charge in [-0.25, -0.2) is 4.79 Å².